The van der Waals surface area contributed by atoms with E-state index >= 15 is 0 Å². The van der Waals surface area contributed by atoms with E-state index in [-0.39, 0.29) is 6.10 Å². The Morgan fingerprint density at radius 1 is 1.28 bits per heavy atom. The van der Waals surface area contributed by atoms with Crippen molar-refractivity contribution in [1.29, 1.82) is 0 Å². The molecule has 5 heteroatoms. The number of nitrogens with one attached hydrogen (secondary N) is 1. The Hall–Kier alpha value is -1.72. The van der Waals surface area contributed by atoms with Crippen molar-refractivity contribution in [2.45, 2.75) is 26.0 Å². The Morgan fingerprint density at radius 3 is 2.78 bits per heavy atom. The van der Waals surface area contributed by atoms with Crippen molar-refractivity contribution >= 4 is 0 Å². The molecule has 0 bridgehead atoms. The van der Waals surface area contributed by atoms with Crippen molar-refractivity contribution in [2.75, 3.05) is 6.54 Å². The molecule has 1 atom stereocenters. The SMILES string of the molecule is CCC(O)CNCc1nnc(-c2ccccc2)o1. The van der Waals surface area contributed by atoms with Crippen LogP contribution in [-0.4, -0.2) is 28.0 Å². The van der Waals surface area contributed by atoms with Crippen LogP contribution in [0.5, 0.6) is 0 Å². The van der Waals surface area contributed by atoms with Gasteiger partial charge in [0.15, 0.2) is 0 Å². The molecular weight excluding hydrogens is 230 g/mol. The molecule has 0 saturated carbocycles. The number of aliphatic hydroxyl groups excluding tert-OH is 1. The smallest absolute Gasteiger partial charge is 0.247 e. The molecule has 0 spiro atoms. The van der Waals surface area contributed by atoms with Crippen LogP contribution in [0.1, 0.15) is 19.2 Å². The first-order chi connectivity index (χ1) is 8.79. The number of aromatic nitrogens is 2. The van der Waals surface area contributed by atoms with Crippen LogP contribution in [0, 0.1) is 0 Å². The molecule has 0 fully saturated rings. The molecule has 0 aliphatic carbocycles. The molecule has 18 heavy (non-hydrogen) atoms. The van der Waals surface area contributed by atoms with Crippen LogP contribution in [0.3, 0.4) is 0 Å². The highest BCUT2D eigenvalue weighted by Gasteiger charge is 2.08. The van der Waals surface area contributed by atoms with Crippen LogP contribution in [0.15, 0.2) is 34.7 Å². The quantitative estimate of drug-likeness (QED) is 0.811. The predicted octanol–water partition coefficient (Wildman–Crippen LogP) is 1.60. The van der Waals surface area contributed by atoms with Crippen LogP contribution in [0.2, 0.25) is 0 Å². The van der Waals surface area contributed by atoms with E-state index in [4.69, 9.17) is 4.42 Å². The van der Waals surface area contributed by atoms with Crippen LogP contribution >= 0.6 is 0 Å². The van der Waals surface area contributed by atoms with E-state index in [2.05, 4.69) is 15.5 Å². The minimum Gasteiger partial charge on any atom is -0.419 e. The van der Waals surface area contributed by atoms with Gasteiger partial charge in [0, 0.05) is 12.1 Å². The molecule has 1 unspecified atom stereocenters. The van der Waals surface area contributed by atoms with Crippen molar-refractivity contribution in [1.82, 2.24) is 15.5 Å². The average molecular weight is 247 g/mol. The molecule has 1 heterocycles. The van der Waals surface area contributed by atoms with E-state index in [1.165, 1.54) is 0 Å². The summed E-state index contributed by atoms with van der Waals surface area (Å²) in [6, 6.07) is 9.63. The zero-order valence-corrected chi connectivity index (χ0v) is 10.3. The molecule has 0 radical (unpaired) electrons. The number of aliphatic hydroxyl groups is 1. The lowest BCUT2D eigenvalue weighted by Crippen LogP contribution is -2.25. The van der Waals surface area contributed by atoms with Crippen molar-refractivity contribution in [3.8, 4) is 11.5 Å². The number of hydrogen-bond acceptors (Lipinski definition) is 5. The fourth-order valence-electron chi connectivity index (χ4n) is 1.51. The summed E-state index contributed by atoms with van der Waals surface area (Å²) >= 11 is 0. The molecule has 1 aromatic carbocycles. The Kier molecular flexibility index (Phi) is 4.44. The molecule has 96 valence electrons. The van der Waals surface area contributed by atoms with Crippen LogP contribution in [0.25, 0.3) is 11.5 Å². The lowest BCUT2D eigenvalue weighted by atomic mass is 10.2. The normalized spacial score (nSPS) is 12.6. The molecule has 2 rings (SSSR count). The van der Waals surface area contributed by atoms with Gasteiger partial charge in [-0.3, -0.25) is 0 Å². The maximum absolute atomic E-state index is 9.39. The zero-order chi connectivity index (χ0) is 12.8. The summed E-state index contributed by atoms with van der Waals surface area (Å²) in [5.74, 6) is 1.04. The van der Waals surface area contributed by atoms with Gasteiger partial charge in [0.2, 0.25) is 11.8 Å². The van der Waals surface area contributed by atoms with Gasteiger partial charge in [-0.25, -0.2) is 0 Å². The van der Waals surface area contributed by atoms with Crippen LogP contribution < -0.4 is 5.32 Å². The summed E-state index contributed by atoms with van der Waals surface area (Å²) in [7, 11) is 0. The minimum absolute atomic E-state index is 0.332. The Bertz CT molecular complexity index is 470. The number of rotatable bonds is 6. The van der Waals surface area contributed by atoms with E-state index in [1.807, 2.05) is 37.3 Å². The minimum atomic E-state index is -0.332. The second kappa shape index (κ2) is 6.28. The topological polar surface area (TPSA) is 71.2 Å². The largest absolute Gasteiger partial charge is 0.419 e. The first kappa shape index (κ1) is 12.7. The second-order valence-electron chi connectivity index (χ2n) is 4.06. The van der Waals surface area contributed by atoms with E-state index in [9.17, 15) is 5.11 Å². The van der Waals surface area contributed by atoms with Gasteiger partial charge in [-0.15, -0.1) is 10.2 Å². The molecule has 0 saturated heterocycles. The molecule has 0 aliphatic rings. The average Bonchev–Trinajstić information content (AvgIpc) is 2.88. The van der Waals surface area contributed by atoms with Gasteiger partial charge in [0.1, 0.15) is 0 Å². The first-order valence-corrected chi connectivity index (χ1v) is 6.06. The molecule has 2 aromatic rings. The third-order valence-electron chi connectivity index (χ3n) is 2.62. The van der Waals surface area contributed by atoms with Gasteiger partial charge in [0.25, 0.3) is 0 Å². The summed E-state index contributed by atoms with van der Waals surface area (Å²) in [5, 5.41) is 20.4. The third-order valence-corrected chi connectivity index (χ3v) is 2.62. The highest BCUT2D eigenvalue weighted by molar-refractivity contribution is 5.51. The maximum atomic E-state index is 9.39. The van der Waals surface area contributed by atoms with Gasteiger partial charge < -0.3 is 14.8 Å². The highest BCUT2D eigenvalue weighted by Crippen LogP contribution is 2.16. The van der Waals surface area contributed by atoms with Crippen LogP contribution in [-0.2, 0) is 6.54 Å². The monoisotopic (exact) mass is 247 g/mol. The maximum Gasteiger partial charge on any atom is 0.247 e. The van der Waals surface area contributed by atoms with E-state index < -0.39 is 0 Å². The third kappa shape index (κ3) is 3.38. The van der Waals surface area contributed by atoms with E-state index in [1.54, 1.807) is 0 Å². The molecule has 0 amide bonds. The fraction of sp³-hybridized carbons (Fsp3) is 0.385. The van der Waals surface area contributed by atoms with Gasteiger partial charge in [-0.2, -0.15) is 0 Å². The number of benzene rings is 1. The lowest BCUT2D eigenvalue weighted by Gasteiger charge is -2.06. The Labute approximate surface area is 106 Å². The van der Waals surface area contributed by atoms with Crippen molar-refractivity contribution < 1.29 is 9.52 Å². The molecule has 0 aliphatic heterocycles. The predicted molar refractivity (Wildman–Crippen MR) is 67.7 cm³/mol. The number of nitrogens with zero attached hydrogens (tertiary/aromatic N) is 2. The van der Waals surface area contributed by atoms with Crippen LogP contribution in [0.4, 0.5) is 0 Å². The van der Waals surface area contributed by atoms with Crippen molar-refractivity contribution in [3.05, 3.63) is 36.2 Å². The summed E-state index contributed by atoms with van der Waals surface area (Å²) in [4.78, 5) is 0. The zero-order valence-electron chi connectivity index (χ0n) is 10.3. The van der Waals surface area contributed by atoms with E-state index in [0.29, 0.717) is 24.9 Å². The summed E-state index contributed by atoms with van der Waals surface area (Å²) in [6.45, 7) is 2.93. The van der Waals surface area contributed by atoms with Crippen molar-refractivity contribution in [3.63, 3.8) is 0 Å². The van der Waals surface area contributed by atoms with Gasteiger partial charge >= 0.3 is 0 Å². The summed E-state index contributed by atoms with van der Waals surface area (Å²) in [6.07, 6.45) is 0.396. The lowest BCUT2D eigenvalue weighted by molar-refractivity contribution is 0.166. The van der Waals surface area contributed by atoms with Gasteiger partial charge in [-0.1, -0.05) is 25.1 Å². The fourth-order valence-corrected chi connectivity index (χ4v) is 1.51. The van der Waals surface area contributed by atoms with Gasteiger partial charge in [-0.05, 0) is 18.6 Å². The van der Waals surface area contributed by atoms with Gasteiger partial charge in [0.05, 0.1) is 12.6 Å². The number of hydrogen-bond donors (Lipinski definition) is 2. The summed E-state index contributed by atoms with van der Waals surface area (Å²) in [5.41, 5.74) is 0.907. The van der Waals surface area contributed by atoms with Crippen molar-refractivity contribution in [2.24, 2.45) is 0 Å². The standard InChI is InChI=1S/C13H17N3O2/c1-2-11(17)8-14-9-12-15-16-13(18-12)10-6-4-3-5-7-10/h3-7,11,14,17H,2,8-9H2,1H3. The molecule has 1 aromatic heterocycles. The Balaban J connectivity index is 1.91. The highest BCUT2D eigenvalue weighted by atomic mass is 16.4. The molecular formula is C13H17N3O2. The van der Waals surface area contributed by atoms with E-state index in [0.717, 1.165) is 12.0 Å². The molecule has 2 N–H and O–H groups in total. The second-order valence-corrected chi connectivity index (χ2v) is 4.06. The Morgan fingerprint density at radius 2 is 2.06 bits per heavy atom. The first-order valence-electron chi connectivity index (χ1n) is 6.06. The molecule has 5 nitrogen and oxygen atoms in total. The summed E-state index contributed by atoms with van der Waals surface area (Å²) < 4.78 is 5.52.